The second-order valence-electron chi connectivity index (χ2n) is 12.7. The summed E-state index contributed by atoms with van der Waals surface area (Å²) in [5.41, 5.74) is 1.94. The van der Waals surface area contributed by atoms with E-state index >= 15 is 0 Å². The van der Waals surface area contributed by atoms with Crippen LogP contribution >= 0.6 is 0 Å². The molecule has 3 heterocycles. The van der Waals surface area contributed by atoms with Gasteiger partial charge in [0.1, 0.15) is 0 Å². The lowest BCUT2D eigenvalue weighted by atomic mass is 10.1. The van der Waals surface area contributed by atoms with Gasteiger partial charge < -0.3 is 43.0 Å². The molecule has 0 spiro atoms. The van der Waals surface area contributed by atoms with Gasteiger partial charge in [0.25, 0.3) is 0 Å². The monoisotopic (exact) mass is 721 g/mol. The molecule has 0 aliphatic carbocycles. The molecule has 3 saturated heterocycles. The third-order valence-electron chi connectivity index (χ3n) is 8.64. The molecule has 286 valence electrons. The third-order valence-corrected chi connectivity index (χ3v) is 8.64. The van der Waals surface area contributed by atoms with Gasteiger partial charge in [-0.25, -0.2) is 0 Å². The van der Waals surface area contributed by atoms with Gasteiger partial charge in [-0.3, -0.25) is 29.1 Å². The largest absolute Gasteiger partial charge is 0.481 e. The molecular formula is C36H55N3O12. The number of aliphatic carboxylic acids is 1. The van der Waals surface area contributed by atoms with Gasteiger partial charge in [0.05, 0.1) is 45.4 Å². The highest BCUT2D eigenvalue weighted by molar-refractivity contribution is 5.75. The lowest BCUT2D eigenvalue weighted by Crippen LogP contribution is -2.57. The predicted octanol–water partition coefficient (Wildman–Crippen LogP) is 2.66. The van der Waals surface area contributed by atoms with Gasteiger partial charge in [0, 0.05) is 32.6 Å². The number of esters is 2. The Labute approximate surface area is 300 Å². The van der Waals surface area contributed by atoms with E-state index in [1.54, 1.807) is 18.7 Å². The molecule has 0 aromatic heterocycles. The quantitative estimate of drug-likeness (QED) is 0.156. The molecule has 15 heteroatoms. The normalized spacial score (nSPS) is 25.0. The number of hydrogen-bond acceptors (Lipinski definition) is 14. The SMILES string of the molecule is CCOC(=O)CN(CCN(CCN(CC1OC(C)O1)CC1OC(C)O1)C(C/C=C/c1ccc(CCC(=O)O)cc1)C1OC(C)O1)CC(=O)OCC. The summed E-state index contributed by atoms with van der Waals surface area (Å²) in [5.74, 6) is -1.66. The first-order valence-corrected chi connectivity index (χ1v) is 17.9. The molecule has 4 rings (SSSR count). The third kappa shape index (κ3) is 14.2. The van der Waals surface area contributed by atoms with Crippen LogP contribution in [0.25, 0.3) is 6.08 Å². The smallest absolute Gasteiger partial charge is 0.320 e. The van der Waals surface area contributed by atoms with Gasteiger partial charge in [-0.15, -0.1) is 0 Å². The number of carbonyl (C=O) groups excluding carboxylic acids is 2. The lowest BCUT2D eigenvalue weighted by molar-refractivity contribution is -0.393. The summed E-state index contributed by atoms with van der Waals surface area (Å²) < 4.78 is 45.5. The van der Waals surface area contributed by atoms with E-state index in [0.717, 1.165) is 11.1 Å². The first-order chi connectivity index (χ1) is 24.5. The molecule has 3 aliphatic rings. The Balaban J connectivity index is 1.51. The first kappa shape index (κ1) is 40.8. The number of ether oxygens (including phenoxy) is 8. The molecule has 1 N–H and O–H groups in total. The topological polar surface area (TPSA) is 155 Å². The van der Waals surface area contributed by atoms with Gasteiger partial charge in [-0.1, -0.05) is 36.4 Å². The fourth-order valence-electron chi connectivity index (χ4n) is 6.09. The molecule has 51 heavy (non-hydrogen) atoms. The molecular weight excluding hydrogens is 666 g/mol. The second-order valence-corrected chi connectivity index (χ2v) is 12.7. The van der Waals surface area contributed by atoms with E-state index in [-0.39, 0.29) is 70.2 Å². The number of carbonyl (C=O) groups is 3. The van der Waals surface area contributed by atoms with Crippen LogP contribution in [-0.4, -0.2) is 147 Å². The number of carboxylic acids is 1. The molecule has 1 aromatic rings. The number of rotatable bonds is 24. The maximum atomic E-state index is 12.5. The summed E-state index contributed by atoms with van der Waals surface area (Å²) in [6.07, 6.45) is 3.17. The van der Waals surface area contributed by atoms with E-state index in [1.165, 1.54) is 0 Å². The van der Waals surface area contributed by atoms with Gasteiger partial charge in [-0.05, 0) is 58.6 Å². The molecule has 1 atom stereocenters. The Bertz CT molecular complexity index is 1210. The van der Waals surface area contributed by atoms with Crippen LogP contribution < -0.4 is 0 Å². The van der Waals surface area contributed by atoms with Crippen molar-refractivity contribution in [2.24, 2.45) is 0 Å². The second kappa shape index (κ2) is 20.9. The van der Waals surface area contributed by atoms with Crippen molar-refractivity contribution >= 4 is 24.0 Å². The summed E-state index contributed by atoms with van der Waals surface area (Å²) in [6.45, 7) is 12.5. The molecule has 3 aliphatic heterocycles. The minimum absolute atomic E-state index is 0.0593. The lowest BCUT2D eigenvalue weighted by Gasteiger charge is -2.45. The molecule has 1 aromatic carbocycles. The zero-order chi connectivity index (χ0) is 36.8. The van der Waals surface area contributed by atoms with Crippen molar-refractivity contribution < 1.29 is 57.4 Å². The Morgan fingerprint density at radius 3 is 1.75 bits per heavy atom. The molecule has 0 radical (unpaired) electrons. The first-order valence-electron chi connectivity index (χ1n) is 17.9. The van der Waals surface area contributed by atoms with Crippen LogP contribution in [0.1, 0.15) is 58.6 Å². The number of carboxylic acid groups (broad SMARTS) is 1. The van der Waals surface area contributed by atoms with Crippen molar-refractivity contribution in [3.05, 3.63) is 41.5 Å². The van der Waals surface area contributed by atoms with Gasteiger partial charge in [-0.2, -0.15) is 0 Å². The van der Waals surface area contributed by atoms with Gasteiger partial charge in [0.15, 0.2) is 37.7 Å². The van der Waals surface area contributed by atoms with E-state index in [1.807, 2.05) is 51.1 Å². The fourth-order valence-corrected chi connectivity index (χ4v) is 6.09. The molecule has 0 amide bonds. The number of hydrogen-bond donors (Lipinski definition) is 1. The molecule has 0 bridgehead atoms. The van der Waals surface area contributed by atoms with Crippen LogP contribution in [0.4, 0.5) is 0 Å². The van der Waals surface area contributed by atoms with E-state index in [0.29, 0.717) is 52.1 Å². The predicted molar refractivity (Wildman–Crippen MR) is 184 cm³/mol. The van der Waals surface area contributed by atoms with E-state index < -0.39 is 24.2 Å². The minimum atomic E-state index is -0.823. The number of nitrogens with zero attached hydrogens (tertiary/aromatic N) is 3. The summed E-state index contributed by atoms with van der Waals surface area (Å²) in [5, 5.41) is 9.01. The van der Waals surface area contributed by atoms with Crippen molar-refractivity contribution in [3.8, 4) is 0 Å². The highest BCUT2D eigenvalue weighted by Gasteiger charge is 2.39. The van der Waals surface area contributed by atoms with Crippen molar-refractivity contribution in [2.45, 2.75) is 97.7 Å². The number of aryl methyl sites for hydroxylation is 1. The fraction of sp³-hybridized carbons (Fsp3) is 0.694. The number of benzene rings is 1. The maximum Gasteiger partial charge on any atom is 0.320 e. The average molecular weight is 722 g/mol. The standard InChI is InChI=1S/C36H55N3O12/c1-6-44-32(42)21-37(22-33(43)45-7-2)17-19-39(20-18-38(23-34-46-25(3)47-34)24-35-48-26(4)49-35)30(36-50-27(5)51-36)10-8-9-28-11-13-29(14-12-28)15-16-31(40)41/h8-9,11-14,25-27,30,34-36H,6-7,10,15-24H2,1-5H3,(H,40,41)/b9-8+. The van der Waals surface area contributed by atoms with Crippen molar-refractivity contribution in [2.75, 3.05) is 65.6 Å². The van der Waals surface area contributed by atoms with Crippen LogP contribution in [0.5, 0.6) is 0 Å². The van der Waals surface area contributed by atoms with Crippen molar-refractivity contribution in [3.63, 3.8) is 0 Å². The Morgan fingerprint density at radius 2 is 1.27 bits per heavy atom. The summed E-state index contributed by atoms with van der Waals surface area (Å²) in [7, 11) is 0. The zero-order valence-corrected chi connectivity index (χ0v) is 30.5. The van der Waals surface area contributed by atoms with E-state index in [2.05, 4.69) is 15.9 Å². The van der Waals surface area contributed by atoms with Crippen LogP contribution in [0, 0.1) is 0 Å². The molecule has 0 saturated carbocycles. The average Bonchev–Trinajstić information content (AvgIpc) is 3.04. The summed E-state index contributed by atoms with van der Waals surface area (Å²) >= 11 is 0. The maximum absolute atomic E-state index is 12.5. The van der Waals surface area contributed by atoms with Gasteiger partial charge >= 0.3 is 17.9 Å². The minimum Gasteiger partial charge on any atom is -0.481 e. The molecule has 3 fully saturated rings. The van der Waals surface area contributed by atoms with Crippen LogP contribution in [0.2, 0.25) is 0 Å². The van der Waals surface area contributed by atoms with E-state index in [9.17, 15) is 14.4 Å². The summed E-state index contributed by atoms with van der Waals surface area (Å²) in [4.78, 5) is 42.2. The Morgan fingerprint density at radius 1 is 0.765 bits per heavy atom. The highest BCUT2D eigenvalue weighted by Crippen LogP contribution is 2.26. The highest BCUT2D eigenvalue weighted by atomic mass is 16.9. The van der Waals surface area contributed by atoms with Crippen LogP contribution in [0.3, 0.4) is 0 Å². The van der Waals surface area contributed by atoms with E-state index in [4.69, 9.17) is 43.0 Å². The summed E-state index contributed by atoms with van der Waals surface area (Å²) in [6, 6.07) is 7.60. The molecule has 1 unspecified atom stereocenters. The van der Waals surface area contributed by atoms with Gasteiger partial charge in [0.2, 0.25) is 0 Å². The van der Waals surface area contributed by atoms with Crippen LogP contribution in [-0.2, 0) is 58.7 Å². The Hall–Kier alpha value is -2.99. The molecule has 15 nitrogen and oxygen atoms in total. The van der Waals surface area contributed by atoms with Crippen LogP contribution in [0.15, 0.2) is 30.3 Å². The van der Waals surface area contributed by atoms with Crippen molar-refractivity contribution in [1.82, 2.24) is 14.7 Å². The zero-order valence-electron chi connectivity index (χ0n) is 30.5. The van der Waals surface area contributed by atoms with Crippen molar-refractivity contribution in [1.29, 1.82) is 0 Å². The Kier molecular flexibility index (Phi) is 16.7.